The molecule has 1 aromatic heterocycles. The summed E-state index contributed by atoms with van der Waals surface area (Å²) in [6, 6.07) is 8.72. The average molecular weight is 338 g/mol. The monoisotopic (exact) mass is 337 g/mol. The maximum absolute atomic E-state index is 12.0. The van der Waals surface area contributed by atoms with Gasteiger partial charge in [-0.1, -0.05) is 17.7 Å². The maximum Gasteiger partial charge on any atom is 0.229 e. The summed E-state index contributed by atoms with van der Waals surface area (Å²) in [5.74, 6) is -0.338. The van der Waals surface area contributed by atoms with Crippen molar-refractivity contribution in [3.05, 3.63) is 45.6 Å². The maximum atomic E-state index is 12.0. The molecule has 0 spiro atoms. The van der Waals surface area contributed by atoms with Crippen molar-refractivity contribution in [3.63, 3.8) is 0 Å². The second-order valence-electron chi connectivity index (χ2n) is 4.59. The van der Waals surface area contributed by atoms with E-state index in [2.05, 4.69) is 10.6 Å². The molecule has 0 radical (unpaired) electrons. The van der Waals surface area contributed by atoms with Crippen LogP contribution in [0.3, 0.4) is 0 Å². The summed E-state index contributed by atoms with van der Waals surface area (Å²) in [7, 11) is 0. The summed E-state index contributed by atoms with van der Waals surface area (Å²) < 4.78 is 0. The van der Waals surface area contributed by atoms with Crippen LogP contribution in [0.4, 0.5) is 11.4 Å². The molecule has 2 aromatic rings. The molecule has 1 heterocycles. The summed E-state index contributed by atoms with van der Waals surface area (Å²) in [5.41, 5.74) is 6.36. The lowest BCUT2D eigenvalue weighted by Gasteiger charge is -2.10. The number of hydrogen-bond acceptors (Lipinski definition) is 4. The number of amides is 2. The van der Waals surface area contributed by atoms with Gasteiger partial charge in [-0.3, -0.25) is 9.59 Å². The molecular weight excluding hydrogens is 322 g/mol. The summed E-state index contributed by atoms with van der Waals surface area (Å²) >= 11 is 7.60. The first-order valence-electron chi connectivity index (χ1n) is 6.70. The van der Waals surface area contributed by atoms with Crippen molar-refractivity contribution in [2.75, 3.05) is 17.2 Å². The van der Waals surface area contributed by atoms with Crippen LogP contribution in [0.15, 0.2) is 35.7 Å². The zero-order valence-corrected chi connectivity index (χ0v) is 13.3. The Balaban J connectivity index is 2.03. The van der Waals surface area contributed by atoms with E-state index in [4.69, 9.17) is 17.3 Å². The van der Waals surface area contributed by atoms with E-state index in [0.29, 0.717) is 16.4 Å². The molecule has 0 saturated carbocycles. The predicted octanol–water partition coefficient (Wildman–Crippen LogP) is 2.87. The first-order valence-corrected chi connectivity index (χ1v) is 7.96. The second-order valence-corrected chi connectivity index (χ2v) is 6.03. The fourth-order valence-electron chi connectivity index (χ4n) is 1.82. The number of nitrogens with one attached hydrogen (secondary N) is 2. The Kier molecular flexibility index (Phi) is 5.94. The van der Waals surface area contributed by atoms with Crippen molar-refractivity contribution in [2.24, 2.45) is 5.73 Å². The third-order valence-corrected chi connectivity index (χ3v) is 4.02. The Morgan fingerprint density at radius 2 is 2.00 bits per heavy atom. The van der Waals surface area contributed by atoms with Crippen LogP contribution < -0.4 is 16.4 Å². The van der Waals surface area contributed by atoms with E-state index in [9.17, 15) is 9.59 Å². The minimum atomic E-state index is -0.180. The topological polar surface area (TPSA) is 84.2 Å². The van der Waals surface area contributed by atoms with Crippen LogP contribution in [0.5, 0.6) is 0 Å². The number of carbonyl (C=O) groups is 2. The van der Waals surface area contributed by atoms with Crippen molar-refractivity contribution in [1.29, 1.82) is 0 Å². The molecule has 0 bridgehead atoms. The normalized spacial score (nSPS) is 10.3. The molecule has 0 saturated heterocycles. The molecular formula is C15H16ClN3O2S. The van der Waals surface area contributed by atoms with E-state index in [1.165, 1.54) is 11.3 Å². The zero-order valence-electron chi connectivity index (χ0n) is 11.8. The number of halogens is 1. The largest absolute Gasteiger partial charge is 0.330 e. The third-order valence-electron chi connectivity index (χ3n) is 2.81. The number of benzene rings is 1. The van der Waals surface area contributed by atoms with Gasteiger partial charge in [0, 0.05) is 23.5 Å². The SMILES string of the molecule is NCCC(=O)Nc1ccc(Cl)c(NC(=O)Cc2cccs2)c1. The Morgan fingerprint density at radius 3 is 2.68 bits per heavy atom. The minimum absolute atomic E-state index is 0.158. The number of nitrogens with two attached hydrogens (primary N) is 1. The highest BCUT2D eigenvalue weighted by Gasteiger charge is 2.09. The fraction of sp³-hybridized carbons (Fsp3) is 0.200. The summed E-state index contributed by atoms with van der Waals surface area (Å²) in [4.78, 5) is 24.5. The van der Waals surface area contributed by atoms with Crippen LogP contribution in [-0.2, 0) is 16.0 Å². The quantitative estimate of drug-likeness (QED) is 0.757. The number of thiophene rings is 1. The van der Waals surface area contributed by atoms with E-state index < -0.39 is 0 Å². The molecule has 0 aliphatic rings. The average Bonchev–Trinajstić information content (AvgIpc) is 2.95. The summed E-state index contributed by atoms with van der Waals surface area (Å²) in [6.07, 6.45) is 0.528. The van der Waals surface area contributed by atoms with Gasteiger partial charge in [0.1, 0.15) is 0 Å². The highest BCUT2D eigenvalue weighted by Crippen LogP contribution is 2.26. The lowest BCUT2D eigenvalue weighted by Crippen LogP contribution is -2.17. The smallest absolute Gasteiger partial charge is 0.229 e. The van der Waals surface area contributed by atoms with Crippen LogP contribution in [0, 0.1) is 0 Å². The van der Waals surface area contributed by atoms with E-state index >= 15 is 0 Å². The van der Waals surface area contributed by atoms with Gasteiger partial charge in [0.15, 0.2) is 0 Å². The van der Waals surface area contributed by atoms with Crippen molar-refractivity contribution in [1.82, 2.24) is 0 Å². The van der Waals surface area contributed by atoms with E-state index in [1.54, 1.807) is 18.2 Å². The molecule has 0 atom stereocenters. The Labute approximate surface area is 137 Å². The van der Waals surface area contributed by atoms with Gasteiger partial charge in [0.25, 0.3) is 0 Å². The lowest BCUT2D eigenvalue weighted by atomic mass is 10.2. The first-order chi connectivity index (χ1) is 10.6. The second kappa shape index (κ2) is 7.93. The number of rotatable bonds is 6. The van der Waals surface area contributed by atoms with Crippen molar-refractivity contribution in [3.8, 4) is 0 Å². The Hall–Kier alpha value is -1.89. The predicted molar refractivity (Wildman–Crippen MR) is 90.4 cm³/mol. The number of carbonyl (C=O) groups excluding carboxylic acids is 2. The van der Waals surface area contributed by atoms with Gasteiger partial charge in [0.2, 0.25) is 11.8 Å². The van der Waals surface area contributed by atoms with Crippen LogP contribution in [0.25, 0.3) is 0 Å². The minimum Gasteiger partial charge on any atom is -0.330 e. The van der Waals surface area contributed by atoms with Crippen molar-refractivity contribution >= 4 is 46.1 Å². The molecule has 1 aromatic carbocycles. The van der Waals surface area contributed by atoms with Crippen LogP contribution in [-0.4, -0.2) is 18.4 Å². The molecule has 2 rings (SSSR count). The standard InChI is InChI=1S/C15H16ClN3O2S/c16-12-4-3-10(18-14(20)5-6-17)8-13(12)19-15(21)9-11-2-1-7-22-11/h1-4,7-8H,5-6,9,17H2,(H,18,20)(H,19,21). The van der Waals surface area contributed by atoms with Crippen LogP contribution >= 0.6 is 22.9 Å². The zero-order chi connectivity index (χ0) is 15.9. The number of anilines is 2. The molecule has 2 amide bonds. The van der Waals surface area contributed by atoms with Gasteiger partial charge >= 0.3 is 0 Å². The number of hydrogen-bond donors (Lipinski definition) is 3. The van der Waals surface area contributed by atoms with Gasteiger partial charge in [-0.25, -0.2) is 0 Å². The first kappa shape index (κ1) is 16.5. The van der Waals surface area contributed by atoms with E-state index in [1.807, 2.05) is 17.5 Å². The molecule has 0 aliphatic heterocycles. The molecule has 22 heavy (non-hydrogen) atoms. The lowest BCUT2D eigenvalue weighted by molar-refractivity contribution is -0.116. The van der Waals surface area contributed by atoms with Crippen LogP contribution in [0.2, 0.25) is 5.02 Å². The Bertz CT molecular complexity index is 659. The highest BCUT2D eigenvalue weighted by molar-refractivity contribution is 7.10. The van der Waals surface area contributed by atoms with Gasteiger partial charge in [-0.05, 0) is 29.6 Å². The molecule has 0 aliphatic carbocycles. The summed E-state index contributed by atoms with van der Waals surface area (Å²) in [5, 5.41) is 7.79. The Morgan fingerprint density at radius 1 is 1.18 bits per heavy atom. The summed E-state index contributed by atoms with van der Waals surface area (Å²) in [6.45, 7) is 0.282. The fourth-order valence-corrected chi connectivity index (χ4v) is 2.69. The van der Waals surface area contributed by atoms with E-state index in [0.717, 1.165) is 4.88 Å². The van der Waals surface area contributed by atoms with Gasteiger partial charge in [0.05, 0.1) is 17.1 Å². The van der Waals surface area contributed by atoms with Crippen molar-refractivity contribution < 1.29 is 9.59 Å². The van der Waals surface area contributed by atoms with Crippen LogP contribution in [0.1, 0.15) is 11.3 Å². The van der Waals surface area contributed by atoms with Gasteiger partial charge in [-0.15, -0.1) is 11.3 Å². The molecule has 4 N–H and O–H groups in total. The van der Waals surface area contributed by atoms with Gasteiger partial charge < -0.3 is 16.4 Å². The molecule has 116 valence electrons. The van der Waals surface area contributed by atoms with E-state index in [-0.39, 0.29) is 31.2 Å². The highest BCUT2D eigenvalue weighted by atomic mass is 35.5. The molecule has 0 fully saturated rings. The molecule has 0 unspecified atom stereocenters. The van der Waals surface area contributed by atoms with Gasteiger partial charge in [-0.2, -0.15) is 0 Å². The molecule has 7 heteroatoms. The van der Waals surface area contributed by atoms with Crippen molar-refractivity contribution in [2.45, 2.75) is 12.8 Å². The molecule has 5 nitrogen and oxygen atoms in total. The third kappa shape index (κ3) is 4.84.